The summed E-state index contributed by atoms with van der Waals surface area (Å²) in [6.45, 7) is 0.494. The van der Waals surface area contributed by atoms with Crippen molar-refractivity contribution < 1.29 is 4.79 Å². The Hall–Kier alpha value is -1.81. The number of aromatic nitrogens is 2. The first-order chi connectivity index (χ1) is 10.1. The number of imidazole rings is 1. The molecule has 1 fully saturated rings. The molecular formula is C16H18ClN3O. The maximum Gasteiger partial charge on any atom is 0.233 e. The Kier molecular flexibility index (Phi) is 3.72. The van der Waals surface area contributed by atoms with E-state index < -0.39 is 5.41 Å². The minimum Gasteiger partial charge on any atom is -0.347 e. The van der Waals surface area contributed by atoms with Gasteiger partial charge in [-0.2, -0.15) is 0 Å². The molecule has 0 bridgehead atoms. The van der Waals surface area contributed by atoms with Crippen LogP contribution in [0.2, 0.25) is 5.02 Å². The average molecular weight is 304 g/mol. The molecule has 5 heteroatoms. The van der Waals surface area contributed by atoms with Crippen molar-refractivity contribution in [3.05, 3.63) is 53.1 Å². The Morgan fingerprint density at radius 3 is 2.86 bits per heavy atom. The van der Waals surface area contributed by atoms with E-state index >= 15 is 0 Å². The number of rotatable bonds is 4. The Balaban J connectivity index is 1.83. The molecule has 0 radical (unpaired) electrons. The number of amides is 1. The number of aromatic amines is 1. The first kappa shape index (κ1) is 14.1. The van der Waals surface area contributed by atoms with Crippen molar-refractivity contribution in [2.45, 2.75) is 31.2 Å². The number of likely N-dealkylation sites (N-methyl/N-ethyl adjacent to an activating group) is 1. The molecule has 3 rings (SSSR count). The topological polar surface area (TPSA) is 49.0 Å². The molecule has 1 aromatic carbocycles. The molecule has 1 aromatic heterocycles. The number of nitrogens with zero attached hydrogens (tertiary/aromatic N) is 2. The SMILES string of the molecule is CN(Cc1ncc[nH]1)C(=O)C1(c2cccc(Cl)c2)CCC1. The van der Waals surface area contributed by atoms with Crippen LogP contribution >= 0.6 is 11.6 Å². The molecule has 0 saturated heterocycles. The highest BCUT2D eigenvalue weighted by Crippen LogP contribution is 2.45. The molecule has 0 spiro atoms. The summed E-state index contributed by atoms with van der Waals surface area (Å²) in [7, 11) is 1.83. The van der Waals surface area contributed by atoms with Crippen LogP contribution in [0, 0.1) is 0 Å². The van der Waals surface area contributed by atoms with E-state index in [4.69, 9.17) is 11.6 Å². The predicted molar refractivity (Wildman–Crippen MR) is 82.0 cm³/mol. The molecule has 110 valence electrons. The summed E-state index contributed by atoms with van der Waals surface area (Å²) in [6, 6.07) is 7.68. The number of halogens is 1. The Morgan fingerprint density at radius 1 is 1.48 bits per heavy atom. The first-order valence-electron chi connectivity index (χ1n) is 7.12. The smallest absolute Gasteiger partial charge is 0.233 e. The summed E-state index contributed by atoms with van der Waals surface area (Å²) < 4.78 is 0. The highest BCUT2D eigenvalue weighted by molar-refractivity contribution is 6.30. The van der Waals surface area contributed by atoms with Gasteiger partial charge in [0.25, 0.3) is 0 Å². The summed E-state index contributed by atoms with van der Waals surface area (Å²) in [6.07, 6.45) is 6.31. The lowest BCUT2D eigenvalue weighted by molar-refractivity contribution is -0.140. The van der Waals surface area contributed by atoms with Crippen molar-refractivity contribution in [2.24, 2.45) is 0 Å². The molecule has 2 aromatic rings. The zero-order chi connectivity index (χ0) is 14.9. The third kappa shape index (κ3) is 2.56. The summed E-state index contributed by atoms with van der Waals surface area (Å²) >= 11 is 6.09. The van der Waals surface area contributed by atoms with E-state index in [0.717, 1.165) is 30.7 Å². The molecule has 1 amide bonds. The first-order valence-corrected chi connectivity index (χ1v) is 7.49. The quantitative estimate of drug-likeness (QED) is 0.943. The number of carbonyl (C=O) groups excluding carboxylic acids is 1. The van der Waals surface area contributed by atoms with Gasteiger partial charge in [0.15, 0.2) is 0 Å². The van der Waals surface area contributed by atoms with Crippen LogP contribution in [-0.4, -0.2) is 27.8 Å². The van der Waals surface area contributed by atoms with Crippen LogP contribution < -0.4 is 0 Å². The molecule has 0 unspecified atom stereocenters. The zero-order valence-electron chi connectivity index (χ0n) is 12.0. The van der Waals surface area contributed by atoms with Gasteiger partial charge in [-0.3, -0.25) is 4.79 Å². The molecule has 1 heterocycles. The van der Waals surface area contributed by atoms with E-state index in [-0.39, 0.29) is 5.91 Å². The number of H-pyrrole nitrogens is 1. The van der Waals surface area contributed by atoms with E-state index in [2.05, 4.69) is 9.97 Å². The van der Waals surface area contributed by atoms with Crippen LogP contribution in [0.3, 0.4) is 0 Å². The largest absolute Gasteiger partial charge is 0.347 e. The third-order valence-electron chi connectivity index (χ3n) is 4.28. The second kappa shape index (κ2) is 5.53. The summed E-state index contributed by atoms with van der Waals surface area (Å²) in [5.41, 5.74) is 0.615. The molecule has 1 N–H and O–H groups in total. The maximum atomic E-state index is 12.9. The van der Waals surface area contributed by atoms with Crippen molar-refractivity contribution in [3.63, 3.8) is 0 Å². The highest BCUT2D eigenvalue weighted by atomic mass is 35.5. The lowest BCUT2D eigenvalue weighted by Gasteiger charge is -2.43. The standard InChI is InChI=1S/C16H18ClN3O/c1-20(11-14-18-8-9-19-14)15(21)16(6-3-7-16)12-4-2-5-13(17)10-12/h2,4-5,8-10H,3,6-7,11H2,1H3,(H,18,19). The van der Waals surface area contributed by atoms with E-state index in [0.29, 0.717) is 11.6 Å². The summed E-state index contributed by atoms with van der Waals surface area (Å²) in [4.78, 5) is 21.9. The third-order valence-corrected chi connectivity index (χ3v) is 4.52. The van der Waals surface area contributed by atoms with Crippen molar-refractivity contribution in [1.29, 1.82) is 0 Å². The van der Waals surface area contributed by atoms with Gasteiger partial charge in [0, 0.05) is 24.5 Å². The van der Waals surface area contributed by atoms with E-state index in [1.165, 1.54) is 0 Å². The monoisotopic (exact) mass is 303 g/mol. The normalized spacial score (nSPS) is 16.3. The minimum absolute atomic E-state index is 0.146. The number of hydrogen-bond donors (Lipinski definition) is 1. The average Bonchev–Trinajstić information content (AvgIpc) is 2.90. The van der Waals surface area contributed by atoms with Crippen LogP contribution in [0.5, 0.6) is 0 Å². The van der Waals surface area contributed by atoms with Gasteiger partial charge in [-0.1, -0.05) is 30.2 Å². The number of hydrogen-bond acceptors (Lipinski definition) is 2. The van der Waals surface area contributed by atoms with Gasteiger partial charge in [0.05, 0.1) is 12.0 Å². The molecular weight excluding hydrogens is 286 g/mol. The Morgan fingerprint density at radius 2 is 2.29 bits per heavy atom. The minimum atomic E-state index is -0.410. The number of benzene rings is 1. The lowest BCUT2D eigenvalue weighted by Crippen LogP contribution is -2.49. The zero-order valence-corrected chi connectivity index (χ0v) is 12.7. The predicted octanol–water partition coefficient (Wildman–Crippen LogP) is 3.14. The molecule has 0 atom stereocenters. The van der Waals surface area contributed by atoms with Gasteiger partial charge >= 0.3 is 0 Å². The van der Waals surface area contributed by atoms with Gasteiger partial charge in [-0.15, -0.1) is 0 Å². The van der Waals surface area contributed by atoms with E-state index in [1.807, 2.05) is 31.3 Å². The van der Waals surface area contributed by atoms with Crippen molar-refractivity contribution in [2.75, 3.05) is 7.05 Å². The van der Waals surface area contributed by atoms with Gasteiger partial charge in [0.2, 0.25) is 5.91 Å². The Labute approximate surface area is 129 Å². The van der Waals surface area contributed by atoms with E-state index in [1.54, 1.807) is 17.3 Å². The van der Waals surface area contributed by atoms with Crippen molar-refractivity contribution in [3.8, 4) is 0 Å². The number of nitrogens with one attached hydrogen (secondary N) is 1. The fourth-order valence-corrected chi connectivity index (χ4v) is 3.18. The van der Waals surface area contributed by atoms with Crippen molar-refractivity contribution >= 4 is 17.5 Å². The van der Waals surface area contributed by atoms with Crippen LogP contribution in [0.15, 0.2) is 36.7 Å². The van der Waals surface area contributed by atoms with Gasteiger partial charge in [0.1, 0.15) is 5.82 Å². The molecule has 21 heavy (non-hydrogen) atoms. The lowest BCUT2D eigenvalue weighted by atomic mass is 9.63. The number of carbonyl (C=O) groups is 1. The fraction of sp³-hybridized carbons (Fsp3) is 0.375. The molecule has 1 saturated carbocycles. The molecule has 1 aliphatic carbocycles. The molecule has 0 aliphatic heterocycles. The van der Waals surface area contributed by atoms with Crippen molar-refractivity contribution in [1.82, 2.24) is 14.9 Å². The second-order valence-electron chi connectivity index (χ2n) is 5.64. The maximum absolute atomic E-state index is 12.9. The van der Waals surface area contributed by atoms with Crippen LogP contribution in [-0.2, 0) is 16.8 Å². The van der Waals surface area contributed by atoms with Crippen LogP contribution in [0.1, 0.15) is 30.7 Å². The molecule has 4 nitrogen and oxygen atoms in total. The molecule has 1 aliphatic rings. The summed E-state index contributed by atoms with van der Waals surface area (Å²) in [5, 5.41) is 0.681. The Bertz CT molecular complexity index is 635. The van der Waals surface area contributed by atoms with Gasteiger partial charge < -0.3 is 9.88 Å². The van der Waals surface area contributed by atoms with Gasteiger partial charge in [-0.25, -0.2) is 4.98 Å². The highest BCUT2D eigenvalue weighted by Gasteiger charge is 2.47. The van der Waals surface area contributed by atoms with E-state index in [9.17, 15) is 4.79 Å². The van der Waals surface area contributed by atoms with Crippen LogP contribution in [0.4, 0.5) is 0 Å². The van der Waals surface area contributed by atoms with Gasteiger partial charge in [-0.05, 0) is 30.5 Å². The second-order valence-corrected chi connectivity index (χ2v) is 6.08. The summed E-state index contributed by atoms with van der Waals surface area (Å²) in [5.74, 6) is 0.943. The van der Waals surface area contributed by atoms with Crippen LogP contribution in [0.25, 0.3) is 0 Å². The fourth-order valence-electron chi connectivity index (χ4n) is 2.99.